The maximum absolute atomic E-state index is 13.4. The molecule has 1 aliphatic rings. The lowest BCUT2D eigenvalue weighted by Crippen LogP contribution is -2.15. The second kappa shape index (κ2) is 10.00. The fourth-order valence-corrected chi connectivity index (χ4v) is 4.54. The SMILES string of the molecule is COc1ccc(C=C2CCCc3c2nc2ccccc2c3C(=O)OCc2ccc([N+](=O)[O-])cc2)cc1. The van der Waals surface area contributed by atoms with E-state index in [1.165, 1.54) is 12.1 Å². The number of allylic oxidation sites excluding steroid dienone is 1. The van der Waals surface area contributed by atoms with Crippen molar-refractivity contribution < 1.29 is 19.2 Å². The van der Waals surface area contributed by atoms with E-state index in [4.69, 9.17) is 14.5 Å². The Kier molecular flexibility index (Phi) is 6.45. The van der Waals surface area contributed by atoms with Gasteiger partial charge in [-0.25, -0.2) is 9.78 Å². The average molecular weight is 481 g/mol. The predicted octanol–water partition coefficient (Wildman–Crippen LogP) is 6.39. The summed E-state index contributed by atoms with van der Waals surface area (Å²) in [5.74, 6) is 0.372. The van der Waals surface area contributed by atoms with Crippen LogP contribution < -0.4 is 4.74 Å². The fourth-order valence-electron chi connectivity index (χ4n) is 4.54. The van der Waals surface area contributed by atoms with Gasteiger partial charge in [0.2, 0.25) is 0 Å². The van der Waals surface area contributed by atoms with E-state index in [1.807, 2.05) is 48.5 Å². The minimum atomic E-state index is -0.456. The molecule has 0 saturated carbocycles. The monoisotopic (exact) mass is 480 g/mol. The van der Waals surface area contributed by atoms with Gasteiger partial charge in [-0.05, 0) is 77.9 Å². The van der Waals surface area contributed by atoms with Gasteiger partial charge in [0.1, 0.15) is 12.4 Å². The van der Waals surface area contributed by atoms with Crippen molar-refractivity contribution in [1.29, 1.82) is 0 Å². The van der Waals surface area contributed by atoms with Crippen LogP contribution in [0.4, 0.5) is 5.69 Å². The first-order valence-electron chi connectivity index (χ1n) is 11.7. The number of hydrogen-bond acceptors (Lipinski definition) is 6. The number of nitrogens with zero attached hydrogens (tertiary/aromatic N) is 2. The minimum Gasteiger partial charge on any atom is -0.497 e. The van der Waals surface area contributed by atoms with Crippen LogP contribution in [-0.4, -0.2) is 23.0 Å². The van der Waals surface area contributed by atoms with Crippen molar-refractivity contribution in [3.05, 3.63) is 111 Å². The van der Waals surface area contributed by atoms with Gasteiger partial charge in [-0.3, -0.25) is 10.1 Å². The standard InChI is InChI=1S/C29H24N2O5/c1-35-23-15-11-19(12-16-23)17-21-5-4-7-25-27(24-6-2-3-8-26(24)30-28(21)25)29(32)36-18-20-9-13-22(14-10-20)31(33)34/h2-3,6,8-17H,4-5,7,18H2,1H3. The number of hydrogen-bond donors (Lipinski definition) is 0. The Morgan fingerprint density at radius 1 is 1.03 bits per heavy atom. The number of esters is 1. The van der Waals surface area contributed by atoms with Crippen molar-refractivity contribution in [1.82, 2.24) is 4.98 Å². The molecular formula is C29H24N2O5. The van der Waals surface area contributed by atoms with Crippen LogP contribution in [0, 0.1) is 10.1 Å². The zero-order valence-corrected chi connectivity index (χ0v) is 19.8. The molecule has 3 aromatic carbocycles. The van der Waals surface area contributed by atoms with Gasteiger partial charge in [-0.2, -0.15) is 0 Å². The molecule has 0 atom stereocenters. The lowest BCUT2D eigenvalue weighted by atomic mass is 9.86. The number of benzene rings is 3. The number of carbonyl (C=O) groups excluding carboxylic acids is 1. The Morgan fingerprint density at radius 2 is 1.78 bits per heavy atom. The molecular weight excluding hydrogens is 456 g/mol. The molecule has 7 heteroatoms. The Morgan fingerprint density at radius 3 is 2.50 bits per heavy atom. The number of ether oxygens (including phenoxy) is 2. The van der Waals surface area contributed by atoms with Gasteiger partial charge in [0.05, 0.1) is 28.8 Å². The zero-order chi connectivity index (χ0) is 25.1. The van der Waals surface area contributed by atoms with Crippen LogP contribution in [0.15, 0.2) is 72.8 Å². The van der Waals surface area contributed by atoms with Gasteiger partial charge in [0, 0.05) is 17.5 Å². The average Bonchev–Trinajstić information content (AvgIpc) is 2.91. The minimum absolute atomic E-state index is 0.00421. The molecule has 0 unspecified atom stereocenters. The van der Waals surface area contributed by atoms with Crippen LogP contribution in [0.3, 0.4) is 0 Å². The first kappa shape index (κ1) is 23.2. The number of non-ortho nitro benzene ring substituents is 1. The van der Waals surface area contributed by atoms with Crippen molar-refractivity contribution in [2.24, 2.45) is 0 Å². The number of nitro benzene ring substituents is 1. The highest BCUT2D eigenvalue weighted by molar-refractivity contribution is 6.06. The molecule has 180 valence electrons. The number of methoxy groups -OCH3 is 1. The molecule has 7 nitrogen and oxygen atoms in total. The Balaban J connectivity index is 1.51. The predicted molar refractivity (Wildman–Crippen MR) is 138 cm³/mol. The molecule has 36 heavy (non-hydrogen) atoms. The van der Waals surface area contributed by atoms with Crippen molar-refractivity contribution in [3.8, 4) is 5.75 Å². The quantitative estimate of drug-likeness (QED) is 0.180. The summed E-state index contributed by atoms with van der Waals surface area (Å²) in [6.07, 6.45) is 4.61. The molecule has 0 bridgehead atoms. The smallest absolute Gasteiger partial charge is 0.339 e. The second-order valence-corrected chi connectivity index (χ2v) is 8.63. The van der Waals surface area contributed by atoms with Crippen LogP contribution in [0.1, 0.15) is 45.6 Å². The zero-order valence-electron chi connectivity index (χ0n) is 19.8. The third kappa shape index (κ3) is 4.68. The summed E-state index contributed by atoms with van der Waals surface area (Å²) in [7, 11) is 1.64. The molecule has 0 radical (unpaired) electrons. The molecule has 0 aliphatic heterocycles. The van der Waals surface area contributed by atoms with E-state index in [9.17, 15) is 14.9 Å². The number of pyridine rings is 1. The van der Waals surface area contributed by atoms with E-state index >= 15 is 0 Å². The molecule has 0 N–H and O–H groups in total. The highest BCUT2D eigenvalue weighted by Crippen LogP contribution is 2.36. The van der Waals surface area contributed by atoms with Crippen molar-refractivity contribution in [2.75, 3.05) is 7.11 Å². The number of rotatable bonds is 6. The van der Waals surface area contributed by atoms with Crippen LogP contribution in [-0.2, 0) is 17.8 Å². The van der Waals surface area contributed by atoms with Gasteiger partial charge in [-0.1, -0.05) is 30.3 Å². The topological polar surface area (TPSA) is 91.6 Å². The highest BCUT2D eigenvalue weighted by atomic mass is 16.6. The highest BCUT2D eigenvalue weighted by Gasteiger charge is 2.26. The number of aromatic nitrogens is 1. The van der Waals surface area contributed by atoms with Crippen molar-refractivity contribution in [2.45, 2.75) is 25.9 Å². The second-order valence-electron chi connectivity index (χ2n) is 8.63. The normalized spacial score (nSPS) is 13.9. The van der Waals surface area contributed by atoms with E-state index in [0.29, 0.717) is 11.1 Å². The van der Waals surface area contributed by atoms with Crippen LogP contribution in [0.25, 0.3) is 22.6 Å². The van der Waals surface area contributed by atoms with Crippen LogP contribution >= 0.6 is 0 Å². The third-order valence-corrected chi connectivity index (χ3v) is 6.35. The van der Waals surface area contributed by atoms with E-state index in [2.05, 4.69) is 6.08 Å². The summed E-state index contributed by atoms with van der Waals surface area (Å²) in [4.78, 5) is 28.8. The summed E-state index contributed by atoms with van der Waals surface area (Å²) in [5, 5.41) is 11.7. The van der Waals surface area contributed by atoms with Gasteiger partial charge >= 0.3 is 5.97 Å². The molecule has 4 aromatic rings. The fraction of sp³-hybridized carbons (Fsp3) is 0.172. The lowest BCUT2D eigenvalue weighted by molar-refractivity contribution is -0.384. The van der Waals surface area contributed by atoms with E-state index in [1.54, 1.807) is 19.2 Å². The van der Waals surface area contributed by atoms with Crippen molar-refractivity contribution >= 4 is 34.2 Å². The molecule has 0 amide bonds. The molecule has 1 aliphatic carbocycles. The number of fused-ring (bicyclic) bond motifs is 2. The maximum atomic E-state index is 13.4. The van der Waals surface area contributed by atoms with Gasteiger partial charge < -0.3 is 9.47 Å². The third-order valence-electron chi connectivity index (χ3n) is 6.35. The molecule has 0 saturated heterocycles. The summed E-state index contributed by atoms with van der Waals surface area (Å²) in [6.45, 7) is 0.0246. The molecule has 5 rings (SSSR count). The Hall–Kier alpha value is -4.52. The maximum Gasteiger partial charge on any atom is 0.339 e. The molecule has 0 fully saturated rings. The summed E-state index contributed by atoms with van der Waals surface area (Å²) in [6, 6.07) is 21.4. The molecule has 0 spiro atoms. The first-order chi connectivity index (χ1) is 17.5. The number of carbonyl (C=O) groups is 1. The number of nitro groups is 1. The van der Waals surface area contributed by atoms with Crippen LogP contribution in [0.2, 0.25) is 0 Å². The summed E-state index contributed by atoms with van der Waals surface area (Å²) in [5.41, 5.74) is 5.80. The molecule has 1 aromatic heterocycles. The van der Waals surface area contributed by atoms with E-state index in [-0.39, 0.29) is 12.3 Å². The summed E-state index contributed by atoms with van der Waals surface area (Å²) >= 11 is 0. The van der Waals surface area contributed by atoms with Crippen LogP contribution in [0.5, 0.6) is 5.75 Å². The van der Waals surface area contributed by atoms with Gasteiger partial charge in [0.15, 0.2) is 0 Å². The largest absolute Gasteiger partial charge is 0.497 e. The van der Waals surface area contributed by atoms with Gasteiger partial charge in [-0.15, -0.1) is 0 Å². The summed E-state index contributed by atoms with van der Waals surface area (Å²) < 4.78 is 11.0. The Bertz CT molecular complexity index is 1470. The van der Waals surface area contributed by atoms with Crippen molar-refractivity contribution in [3.63, 3.8) is 0 Å². The first-order valence-corrected chi connectivity index (χ1v) is 11.7. The Labute approximate surface area is 208 Å². The molecule has 1 heterocycles. The van der Waals surface area contributed by atoms with E-state index in [0.717, 1.165) is 58.3 Å². The van der Waals surface area contributed by atoms with Gasteiger partial charge in [0.25, 0.3) is 5.69 Å². The lowest BCUT2D eigenvalue weighted by Gasteiger charge is -2.22. The number of para-hydroxylation sites is 1. The van der Waals surface area contributed by atoms with E-state index < -0.39 is 10.9 Å².